The van der Waals surface area contributed by atoms with Crippen LogP contribution in [0.2, 0.25) is 15.1 Å². The van der Waals surface area contributed by atoms with Gasteiger partial charge in [-0.05, 0) is 36.8 Å². The van der Waals surface area contributed by atoms with E-state index in [9.17, 15) is 9.90 Å². The van der Waals surface area contributed by atoms with Gasteiger partial charge in [-0.15, -0.1) is 0 Å². The van der Waals surface area contributed by atoms with Crippen LogP contribution < -0.4 is 0 Å². The second-order valence-electron chi connectivity index (χ2n) is 7.03. The van der Waals surface area contributed by atoms with Gasteiger partial charge in [-0.1, -0.05) is 59.2 Å². The summed E-state index contributed by atoms with van der Waals surface area (Å²) in [6, 6.07) is 9.77. The van der Waals surface area contributed by atoms with Gasteiger partial charge in [0.15, 0.2) is 5.75 Å². The van der Waals surface area contributed by atoms with E-state index in [-0.39, 0.29) is 22.9 Å². The molecule has 0 atom stereocenters. The molecule has 2 N–H and O–H groups in total. The Kier molecular flexibility index (Phi) is 7.56. The molecule has 0 unspecified atom stereocenters. The zero-order valence-corrected chi connectivity index (χ0v) is 20.1. The fraction of sp³-hybridized carbons (Fsp3) is 0.182. The van der Waals surface area contributed by atoms with Crippen LogP contribution in [0.15, 0.2) is 41.4 Å². The van der Waals surface area contributed by atoms with Gasteiger partial charge in [0.25, 0.3) is 0 Å². The zero-order chi connectivity index (χ0) is 23.6. The third kappa shape index (κ3) is 5.30. The molecule has 166 valence electrons. The average Bonchev–Trinajstić information content (AvgIpc) is 3.02. The molecule has 0 aliphatic heterocycles. The van der Waals surface area contributed by atoms with Crippen molar-refractivity contribution in [3.05, 3.63) is 68.3 Å². The fourth-order valence-electron chi connectivity index (χ4n) is 3.13. The van der Waals surface area contributed by atoms with Crippen molar-refractivity contribution in [2.24, 2.45) is 12.0 Å². The molecule has 3 rings (SSSR count). The lowest BCUT2D eigenvalue weighted by Gasteiger charge is -2.05. The number of nitrogens with zero attached hydrogens (tertiary/aromatic N) is 3. The number of hydrogen-bond acceptors (Lipinski definition) is 5. The molecule has 10 heteroatoms. The van der Waals surface area contributed by atoms with Crippen LogP contribution in [-0.2, 0) is 13.5 Å². The third-order valence-corrected chi connectivity index (χ3v) is 6.04. The smallest absolute Gasteiger partial charge is 0.337 e. The maximum atomic E-state index is 11.1. The number of halogens is 3. The van der Waals surface area contributed by atoms with Crippen molar-refractivity contribution in [3.63, 3.8) is 0 Å². The molecule has 0 spiro atoms. The fourth-order valence-corrected chi connectivity index (χ4v) is 3.94. The third-order valence-electron chi connectivity index (χ3n) is 4.72. The van der Waals surface area contributed by atoms with E-state index >= 15 is 0 Å². The van der Waals surface area contributed by atoms with Crippen LogP contribution in [0, 0.1) is 0 Å². The first-order chi connectivity index (χ1) is 15.1. The highest BCUT2D eigenvalue weighted by Gasteiger charge is 2.19. The highest BCUT2D eigenvalue weighted by molar-refractivity contribution is 7.80. The van der Waals surface area contributed by atoms with Crippen molar-refractivity contribution in [3.8, 4) is 17.0 Å². The minimum Gasteiger partial charge on any atom is -0.504 e. The van der Waals surface area contributed by atoms with E-state index in [0.717, 1.165) is 5.56 Å². The maximum Gasteiger partial charge on any atom is 0.337 e. The number of rotatable bonds is 7. The molecular weight excluding hydrogens is 493 g/mol. The van der Waals surface area contributed by atoms with E-state index in [4.69, 9.17) is 52.1 Å². The predicted molar refractivity (Wildman–Crippen MR) is 132 cm³/mol. The van der Waals surface area contributed by atoms with Gasteiger partial charge in [-0.3, -0.25) is 9.67 Å². The van der Waals surface area contributed by atoms with E-state index in [1.54, 1.807) is 49.0 Å². The maximum absolute atomic E-state index is 11.1. The molecule has 1 aromatic heterocycles. The van der Waals surface area contributed by atoms with Crippen LogP contribution in [0.1, 0.15) is 28.5 Å². The van der Waals surface area contributed by atoms with Crippen LogP contribution in [0.4, 0.5) is 0 Å². The number of carbonyl (C=O) groups is 1. The summed E-state index contributed by atoms with van der Waals surface area (Å²) < 4.78 is 1.55. The number of aromatic hydroxyl groups is 1. The van der Waals surface area contributed by atoms with Crippen LogP contribution in [-0.4, -0.2) is 43.1 Å². The van der Waals surface area contributed by atoms with Crippen molar-refractivity contribution in [2.75, 3.05) is 6.54 Å². The summed E-state index contributed by atoms with van der Waals surface area (Å²) >= 11 is 23.5. The van der Waals surface area contributed by atoms with Crippen LogP contribution in [0.25, 0.3) is 11.3 Å². The Morgan fingerprint density at radius 1 is 1.12 bits per heavy atom. The molecule has 0 aliphatic carbocycles. The quantitative estimate of drug-likeness (QED) is 0.306. The first-order valence-corrected chi connectivity index (χ1v) is 10.9. The molecule has 0 bridgehead atoms. The van der Waals surface area contributed by atoms with Crippen LogP contribution >= 0.6 is 47.0 Å². The molecule has 32 heavy (non-hydrogen) atoms. The monoisotopic (exact) mass is 509 g/mol. The number of hydrogen-bond donors (Lipinski definition) is 2. The summed E-state index contributed by atoms with van der Waals surface area (Å²) in [5.41, 5.74) is 2.85. The molecule has 0 saturated carbocycles. The molecule has 0 saturated heterocycles. The Labute approximate surface area is 205 Å². The van der Waals surface area contributed by atoms with Crippen LogP contribution in [0.5, 0.6) is 5.75 Å². The Bertz CT molecular complexity index is 1250. The van der Waals surface area contributed by atoms with Crippen LogP contribution in [0.3, 0.4) is 0 Å². The average molecular weight is 511 g/mol. The summed E-state index contributed by atoms with van der Waals surface area (Å²) in [7, 11) is 1.71. The Balaban J connectivity index is 1.76. The van der Waals surface area contributed by atoms with Gasteiger partial charge in [0.05, 0.1) is 32.9 Å². The number of carboxylic acids is 1. The molecular formula is C22H18Cl3N3O3S. The second kappa shape index (κ2) is 10.0. The van der Waals surface area contributed by atoms with Crippen molar-refractivity contribution in [1.82, 2.24) is 9.78 Å². The molecule has 0 amide bonds. The molecule has 0 radical (unpaired) electrons. The predicted octanol–water partition coefficient (Wildman–Crippen LogP) is 5.87. The summed E-state index contributed by atoms with van der Waals surface area (Å²) in [5, 5.41) is 25.2. The van der Waals surface area contributed by atoms with Crippen molar-refractivity contribution >= 4 is 63.6 Å². The van der Waals surface area contributed by atoms with Gasteiger partial charge >= 0.3 is 5.97 Å². The van der Waals surface area contributed by atoms with E-state index in [0.29, 0.717) is 44.0 Å². The first-order valence-electron chi connectivity index (χ1n) is 9.34. The molecule has 0 fully saturated rings. The number of aromatic nitrogens is 2. The van der Waals surface area contributed by atoms with Gasteiger partial charge in [-0.2, -0.15) is 5.10 Å². The number of thiocarbonyl (C=S) groups is 1. The number of aliphatic imine (C=N–C) groups is 1. The van der Waals surface area contributed by atoms with Gasteiger partial charge in [0.1, 0.15) is 11.4 Å². The zero-order valence-electron chi connectivity index (χ0n) is 17.1. The highest BCUT2D eigenvalue weighted by Crippen LogP contribution is 2.35. The SMILES string of the molecule is CC(=NCC(=S)Cc1ccc(C(=O)O)c(Cl)c1)c1nn(C)c(-c2ccc(Cl)c(Cl)c2)c1O. The normalized spacial score (nSPS) is 11.6. The van der Waals surface area contributed by atoms with Crippen molar-refractivity contribution in [2.45, 2.75) is 13.3 Å². The first kappa shape index (κ1) is 24.2. The number of benzene rings is 2. The molecule has 3 aromatic rings. The lowest BCUT2D eigenvalue weighted by molar-refractivity contribution is 0.0697. The number of aryl methyl sites for hydroxylation is 1. The summed E-state index contributed by atoms with van der Waals surface area (Å²) in [6.45, 7) is 1.97. The van der Waals surface area contributed by atoms with Gasteiger partial charge in [0.2, 0.25) is 0 Å². The molecule has 2 aromatic carbocycles. The summed E-state index contributed by atoms with van der Waals surface area (Å²) in [5.74, 6) is -1.10. The molecule has 6 nitrogen and oxygen atoms in total. The number of carboxylic acid groups (broad SMARTS) is 1. The standard InChI is InChI=1S/C22H18Cl3N3O3S/c1-11(26-10-14(32)7-12-3-5-15(22(30)31)17(24)8-12)19-21(29)20(28(2)27-19)13-4-6-16(23)18(25)9-13/h3-6,8-9,29H,7,10H2,1-2H3,(H,30,31). The van der Waals surface area contributed by atoms with E-state index in [1.807, 2.05) is 0 Å². The lowest BCUT2D eigenvalue weighted by atomic mass is 10.1. The minimum absolute atomic E-state index is 0.0194. The highest BCUT2D eigenvalue weighted by atomic mass is 35.5. The Morgan fingerprint density at radius 3 is 2.47 bits per heavy atom. The topological polar surface area (TPSA) is 87.7 Å². The van der Waals surface area contributed by atoms with E-state index in [1.165, 1.54) is 6.07 Å². The number of aromatic carboxylic acids is 1. The summed E-state index contributed by atoms with van der Waals surface area (Å²) in [4.78, 5) is 16.2. The van der Waals surface area contributed by atoms with E-state index in [2.05, 4.69) is 10.1 Å². The molecule has 0 aliphatic rings. The Morgan fingerprint density at radius 2 is 1.84 bits per heavy atom. The lowest BCUT2D eigenvalue weighted by Crippen LogP contribution is -2.08. The second-order valence-corrected chi connectivity index (χ2v) is 8.83. The summed E-state index contributed by atoms with van der Waals surface area (Å²) in [6.07, 6.45) is 0.411. The van der Waals surface area contributed by atoms with Gasteiger partial charge in [0, 0.05) is 23.9 Å². The largest absolute Gasteiger partial charge is 0.504 e. The van der Waals surface area contributed by atoms with Crippen molar-refractivity contribution < 1.29 is 15.0 Å². The van der Waals surface area contributed by atoms with Gasteiger partial charge in [-0.25, -0.2) is 4.79 Å². The minimum atomic E-state index is -1.08. The van der Waals surface area contributed by atoms with E-state index < -0.39 is 5.97 Å². The van der Waals surface area contributed by atoms with Crippen molar-refractivity contribution in [1.29, 1.82) is 0 Å². The molecule has 1 heterocycles. The van der Waals surface area contributed by atoms with Gasteiger partial charge < -0.3 is 10.2 Å². The Hall–Kier alpha value is -2.45.